The van der Waals surface area contributed by atoms with Gasteiger partial charge >= 0.3 is 12.1 Å². The van der Waals surface area contributed by atoms with Gasteiger partial charge in [0, 0.05) is 0 Å². The van der Waals surface area contributed by atoms with Crippen LogP contribution in [-0.2, 0) is 15.7 Å². The number of nitrogens with one attached hydrogen (secondary N) is 1. The third kappa shape index (κ3) is 4.53. The van der Waals surface area contributed by atoms with Gasteiger partial charge in [-0.1, -0.05) is 24.3 Å². The molecule has 0 fully saturated rings. The molecule has 0 radical (unpaired) electrons. The van der Waals surface area contributed by atoms with Gasteiger partial charge in [0.2, 0.25) is 0 Å². The van der Waals surface area contributed by atoms with Gasteiger partial charge in [-0.2, -0.15) is 13.2 Å². The first kappa shape index (κ1) is 19.3. The Morgan fingerprint density at radius 1 is 1.04 bits per heavy atom. The zero-order valence-electron chi connectivity index (χ0n) is 14.0. The summed E-state index contributed by atoms with van der Waals surface area (Å²) in [7, 11) is 1.20. The van der Waals surface area contributed by atoms with Gasteiger partial charge in [-0.15, -0.1) is 0 Å². The van der Waals surface area contributed by atoms with Crippen molar-refractivity contribution in [2.24, 2.45) is 0 Å². The average Bonchev–Trinajstić information content (AvgIpc) is 2.61. The molecule has 2 aromatic rings. The van der Waals surface area contributed by atoms with Gasteiger partial charge in [-0.3, -0.25) is 4.79 Å². The molecule has 8 heteroatoms. The van der Waals surface area contributed by atoms with Crippen LogP contribution < -0.4 is 10.1 Å². The maximum atomic E-state index is 13.0. The SMILES string of the molecule is COC(=O)c1ccccc1NC(=O)C(C)Oc1ccccc1C(F)(F)F. The minimum absolute atomic E-state index is 0.117. The first-order valence-electron chi connectivity index (χ1n) is 7.55. The Labute approximate surface area is 147 Å². The van der Waals surface area contributed by atoms with E-state index in [9.17, 15) is 22.8 Å². The molecule has 0 bridgehead atoms. The van der Waals surface area contributed by atoms with Crippen molar-refractivity contribution in [2.75, 3.05) is 12.4 Å². The van der Waals surface area contributed by atoms with Gasteiger partial charge in [0.05, 0.1) is 23.9 Å². The Morgan fingerprint density at radius 3 is 2.31 bits per heavy atom. The van der Waals surface area contributed by atoms with E-state index in [-0.39, 0.29) is 11.3 Å². The second kappa shape index (κ2) is 7.90. The standard InChI is InChI=1S/C18H16F3NO4/c1-11(26-15-10-6-4-8-13(15)18(19,20)21)16(23)22-14-9-5-3-7-12(14)17(24)25-2/h3-11H,1-2H3,(H,22,23). The van der Waals surface area contributed by atoms with Crippen molar-refractivity contribution in [2.45, 2.75) is 19.2 Å². The quantitative estimate of drug-likeness (QED) is 0.814. The maximum Gasteiger partial charge on any atom is 0.419 e. The van der Waals surface area contributed by atoms with Crippen LogP contribution in [0.2, 0.25) is 0 Å². The molecule has 1 unspecified atom stereocenters. The van der Waals surface area contributed by atoms with E-state index in [1.54, 1.807) is 12.1 Å². The minimum atomic E-state index is -4.61. The van der Waals surface area contributed by atoms with Crippen molar-refractivity contribution in [1.29, 1.82) is 0 Å². The van der Waals surface area contributed by atoms with Crippen molar-refractivity contribution < 1.29 is 32.2 Å². The van der Waals surface area contributed by atoms with Crippen LogP contribution in [0.25, 0.3) is 0 Å². The number of amides is 1. The van der Waals surface area contributed by atoms with Gasteiger partial charge in [0.25, 0.3) is 5.91 Å². The lowest BCUT2D eigenvalue weighted by Crippen LogP contribution is -2.31. The summed E-state index contributed by atoms with van der Waals surface area (Å²) in [5.74, 6) is -1.82. The lowest BCUT2D eigenvalue weighted by molar-refractivity contribution is -0.140. The molecule has 0 saturated carbocycles. The van der Waals surface area contributed by atoms with E-state index in [4.69, 9.17) is 4.74 Å². The molecule has 0 aliphatic carbocycles. The summed E-state index contributed by atoms with van der Waals surface area (Å²) >= 11 is 0. The number of hydrogen-bond acceptors (Lipinski definition) is 4. The van der Waals surface area contributed by atoms with Crippen LogP contribution in [0.15, 0.2) is 48.5 Å². The number of benzene rings is 2. The lowest BCUT2D eigenvalue weighted by atomic mass is 10.1. The van der Waals surface area contributed by atoms with Gasteiger partial charge in [-0.05, 0) is 31.2 Å². The van der Waals surface area contributed by atoms with Gasteiger partial charge in [0.1, 0.15) is 5.75 Å². The molecule has 1 amide bonds. The third-order valence-electron chi connectivity index (χ3n) is 3.46. The molecule has 0 heterocycles. The average molecular weight is 367 g/mol. The summed E-state index contributed by atoms with van der Waals surface area (Å²) in [5, 5.41) is 2.46. The Bertz CT molecular complexity index is 805. The van der Waals surface area contributed by atoms with Crippen LogP contribution in [0.5, 0.6) is 5.75 Å². The van der Waals surface area contributed by atoms with E-state index in [1.165, 1.54) is 38.3 Å². The summed E-state index contributed by atoms with van der Waals surface area (Å²) in [6.07, 6.45) is -5.84. The van der Waals surface area contributed by atoms with Gasteiger partial charge in [0.15, 0.2) is 6.10 Å². The van der Waals surface area contributed by atoms with Crippen LogP contribution >= 0.6 is 0 Å². The summed E-state index contributed by atoms with van der Waals surface area (Å²) in [6.45, 7) is 1.31. The summed E-state index contributed by atoms with van der Waals surface area (Å²) in [4.78, 5) is 24.0. The highest BCUT2D eigenvalue weighted by Gasteiger charge is 2.34. The molecule has 0 saturated heterocycles. The van der Waals surface area contributed by atoms with Crippen LogP contribution in [0.3, 0.4) is 0 Å². The topological polar surface area (TPSA) is 64.6 Å². The number of para-hydroxylation sites is 2. The Hall–Kier alpha value is -3.03. The van der Waals surface area contributed by atoms with E-state index in [1.807, 2.05) is 0 Å². The highest BCUT2D eigenvalue weighted by molar-refractivity contribution is 6.02. The lowest BCUT2D eigenvalue weighted by Gasteiger charge is -2.19. The Balaban J connectivity index is 2.17. The molecule has 26 heavy (non-hydrogen) atoms. The molecule has 0 aromatic heterocycles. The number of rotatable bonds is 5. The first-order valence-corrected chi connectivity index (χ1v) is 7.55. The number of alkyl halides is 3. The second-order valence-corrected chi connectivity index (χ2v) is 5.28. The number of carbonyl (C=O) groups excluding carboxylic acids is 2. The number of hydrogen-bond donors (Lipinski definition) is 1. The van der Waals surface area contributed by atoms with Crippen molar-refractivity contribution in [3.8, 4) is 5.75 Å². The molecular formula is C18H16F3NO4. The molecule has 1 N–H and O–H groups in total. The molecule has 2 rings (SSSR count). The zero-order chi connectivity index (χ0) is 19.3. The molecule has 138 valence electrons. The smallest absolute Gasteiger partial charge is 0.419 e. The van der Waals surface area contributed by atoms with Gasteiger partial charge in [-0.25, -0.2) is 4.79 Å². The number of halogens is 3. The minimum Gasteiger partial charge on any atom is -0.480 e. The monoisotopic (exact) mass is 367 g/mol. The van der Waals surface area contributed by atoms with Crippen LogP contribution in [-0.4, -0.2) is 25.1 Å². The largest absolute Gasteiger partial charge is 0.480 e. The summed E-state index contributed by atoms with van der Waals surface area (Å²) < 4.78 is 48.8. The van der Waals surface area contributed by atoms with Crippen LogP contribution in [0.4, 0.5) is 18.9 Å². The fraction of sp³-hybridized carbons (Fsp3) is 0.222. The van der Waals surface area contributed by atoms with E-state index < -0.39 is 35.5 Å². The Morgan fingerprint density at radius 2 is 1.65 bits per heavy atom. The summed E-state index contributed by atoms with van der Waals surface area (Å²) in [5.41, 5.74) is -0.690. The van der Waals surface area contributed by atoms with Crippen molar-refractivity contribution in [3.63, 3.8) is 0 Å². The number of carbonyl (C=O) groups is 2. The van der Waals surface area contributed by atoms with E-state index >= 15 is 0 Å². The fourth-order valence-corrected chi connectivity index (χ4v) is 2.16. The summed E-state index contributed by atoms with van der Waals surface area (Å²) in [6, 6.07) is 10.7. The third-order valence-corrected chi connectivity index (χ3v) is 3.46. The normalized spacial score (nSPS) is 12.2. The highest BCUT2D eigenvalue weighted by atomic mass is 19.4. The van der Waals surface area contributed by atoms with Crippen molar-refractivity contribution >= 4 is 17.6 Å². The number of anilines is 1. The first-order chi connectivity index (χ1) is 12.2. The van der Waals surface area contributed by atoms with Crippen LogP contribution in [0, 0.1) is 0 Å². The predicted molar refractivity (Wildman–Crippen MR) is 87.9 cm³/mol. The van der Waals surface area contributed by atoms with E-state index in [2.05, 4.69) is 10.1 Å². The van der Waals surface area contributed by atoms with Gasteiger partial charge < -0.3 is 14.8 Å². The fourth-order valence-electron chi connectivity index (χ4n) is 2.16. The number of methoxy groups -OCH3 is 1. The molecule has 0 spiro atoms. The van der Waals surface area contributed by atoms with Crippen molar-refractivity contribution in [3.05, 3.63) is 59.7 Å². The highest BCUT2D eigenvalue weighted by Crippen LogP contribution is 2.36. The second-order valence-electron chi connectivity index (χ2n) is 5.28. The molecule has 0 aliphatic rings. The number of esters is 1. The maximum absolute atomic E-state index is 13.0. The molecule has 1 atom stereocenters. The molecule has 5 nitrogen and oxygen atoms in total. The Kier molecular flexibility index (Phi) is 5.86. The number of ether oxygens (including phenoxy) is 2. The molecule has 2 aromatic carbocycles. The van der Waals surface area contributed by atoms with E-state index in [0.717, 1.165) is 12.1 Å². The van der Waals surface area contributed by atoms with Crippen LogP contribution in [0.1, 0.15) is 22.8 Å². The van der Waals surface area contributed by atoms with E-state index in [0.29, 0.717) is 0 Å². The zero-order valence-corrected chi connectivity index (χ0v) is 14.0. The molecular weight excluding hydrogens is 351 g/mol. The predicted octanol–water partition coefficient (Wildman–Crippen LogP) is 3.90. The molecule has 0 aliphatic heterocycles. The van der Waals surface area contributed by atoms with Crippen molar-refractivity contribution in [1.82, 2.24) is 0 Å².